The summed E-state index contributed by atoms with van der Waals surface area (Å²) in [4.78, 5) is 4.01. The van der Waals surface area contributed by atoms with E-state index in [1.165, 1.54) is 0 Å². The van der Waals surface area contributed by atoms with E-state index in [2.05, 4.69) is 4.98 Å². The van der Waals surface area contributed by atoms with Crippen molar-refractivity contribution < 1.29 is 13.2 Å². The van der Waals surface area contributed by atoms with Crippen molar-refractivity contribution in [3.8, 4) is 0 Å². The van der Waals surface area contributed by atoms with Crippen molar-refractivity contribution in [1.82, 2.24) is 4.98 Å². The highest BCUT2D eigenvalue weighted by Gasteiger charge is 2.35. The quantitative estimate of drug-likeness (QED) is 0.812. The molecular weight excluding hydrogens is 201 g/mol. The van der Waals surface area contributed by atoms with Gasteiger partial charge in [-0.05, 0) is 6.42 Å². The number of hydrogen-bond acceptors (Lipinski definition) is 3. The molecule has 1 heterocycles. The second kappa shape index (κ2) is 3.63. The Morgan fingerprint density at radius 3 is 2.38 bits per heavy atom. The minimum atomic E-state index is -4.35. The Morgan fingerprint density at radius 2 is 2.08 bits per heavy atom. The zero-order valence-electron chi connectivity index (χ0n) is 6.98. The molecule has 0 unspecified atom stereocenters. The minimum Gasteiger partial charge on any atom is -0.326 e. The molecule has 0 fully saturated rings. The SMILES string of the molecule is CCc1nc(C(F)(F)F)sc1CN. The number of aryl methyl sites for hydroxylation is 1. The van der Waals surface area contributed by atoms with Gasteiger partial charge >= 0.3 is 6.18 Å². The van der Waals surface area contributed by atoms with E-state index in [0.717, 1.165) is 0 Å². The predicted molar refractivity (Wildman–Crippen MR) is 44.4 cm³/mol. The summed E-state index contributed by atoms with van der Waals surface area (Å²) in [7, 11) is 0. The van der Waals surface area contributed by atoms with E-state index in [1.807, 2.05) is 0 Å². The molecule has 1 aromatic rings. The third kappa shape index (κ3) is 2.19. The molecule has 0 atom stereocenters. The van der Waals surface area contributed by atoms with E-state index in [9.17, 15) is 13.2 Å². The van der Waals surface area contributed by atoms with Crippen LogP contribution in [0.5, 0.6) is 0 Å². The van der Waals surface area contributed by atoms with Crippen molar-refractivity contribution in [1.29, 1.82) is 0 Å². The Balaban J connectivity index is 3.07. The lowest BCUT2D eigenvalue weighted by Gasteiger charge is -1.98. The molecule has 2 nitrogen and oxygen atoms in total. The van der Waals surface area contributed by atoms with Crippen LogP contribution in [0, 0.1) is 0 Å². The fourth-order valence-electron chi connectivity index (χ4n) is 0.940. The van der Waals surface area contributed by atoms with Crippen molar-refractivity contribution in [2.75, 3.05) is 0 Å². The number of nitrogens with zero attached hydrogens (tertiary/aromatic N) is 1. The molecule has 0 aliphatic rings. The van der Waals surface area contributed by atoms with E-state index in [4.69, 9.17) is 5.73 Å². The Hall–Kier alpha value is -0.620. The van der Waals surface area contributed by atoms with Gasteiger partial charge in [0.05, 0.1) is 5.69 Å². The van der Waals surface area contributed by atoms with E-state index in [1.54, 1.807) is 6.92 Å². The predicted octanol–water partition coefficient (Wildman–Crippen LogP) is 2.18. The number of halogens is 3. The second-order valence-electron chi connectivity index (χ2n) is 2.44. The number of thiazole rings is 1. The molecule has 0 aromatic carbocycles. The summed E-state index contributed by atoms with van der Waals surface area (Å²) >= 11 is 0.630. The van der Waals surface area contributed by atoms with Crippen molar-refractivity contribution >= 4 is 11.3 Å². The molecule has 6 heteroatoms. The molecule has 0 amide bonds. The average Bonchev–Trinajstić information content (AvgIpc) is 2.45. The van der Waals surface area contributed by atoms with Crippen LogP contribution in [0.4, 0.5) is 13.2 Å². The van der Waals surface area contributed by atoms with Crippen molar-refractivity contribution in [2.24, 2.45) is 5.73 Å². The molecule has 0 radical (unpaired) electrons. The first kappa shape index (κ1) is 10.5. The summed E-state index contributed by atoms with van der Waals surface area (Å²) in [5, 5.41) is -0.801. The first-order valence-corrected chi connectivity index (χ1v) is 4.56. The van der Waals surface area contributed by atoms with Gasteiger partial charge in [-0.15, -0.1) is 11.3 Å². The number of alkyl halides is 3. The molecule has 0 aliphatic carbocycles. The van der Waals surface area contributed by atoms with Crippen LogP contribution >= 0.6 is 11.3 Å². The van der Waals surface area contributed by atoms with Gasteiger partial charge in [0, 0.05) is 11.4 Å². The second-order valence-corrected chi connectivity index (χ2v) is 3.53. The van der Waals surface area contributed by atoms with Crippen LogP contribution in [0.2, 0.25) is 0 Å². The molecule has 13 heavy (non-hydrogen) atoms. The zero-order chi connectivity index (χ0) is 10.1. The number of hydrogen-bond donors (Lipinski definition) is 1. The van der Waals surface area contributed by atoms with Gasteiger partial charge in [0.2, 0.25) is 0 Å². The summed E-state index contributed by atoms with van der Waals surface area (Å²) in [6, 6.07) is 0. The highest BCUT2D eigenvalue weighted by atomic mass is 32.1. The molecule has 0 aliphatic heterocycles. The average molecular weight is 210 g/mol. The monoisotopic (exact) mass is 210 g/mol. The van der Waals surface area contributed by atoms with E-state index < -0.39 is 11.2 Å². The lowest BCUT2D eigenvalue weighted by atomic mass is 10.3. The number of aromatic nitrogens is 1. The van der Waals surface area contributed by atoms with Crippen LogP contribution in [-0.2, 0) is 19.1 Å². The van der Waals surface area contributed by atoms with Gasteiger partial charge < -0.3 is 5.73 Å². The Kier molecular flexibility index (Phi) is 2.92. The summed E-state index contributed by atoms with van der Waals surface area (Å²) in [6.45, 7) is 1.88. The molecular formula is C7H9F3N2S. The first-order valence-electron chi connectivity index (χ1n) is 3.74. The highest BCUT2D eigenvalue weighted by Crippen LogP contribution is 2.34. The Bertz CT molecular complexity index is 271. The maximum atomic E-state index is 12.2. The van der Waals surface area contributed by atoms with E-state index in [-0.39, 0.29) is 6.54 Å². The topological polar surface area (TPSA) is 38.9 Å². The van der Waals surface area contributed by atoms with Gasteiger partial charge in [0.15, 0.2) is 5.01 Å². The van der Waals surface area contributed by atoms with Gasteiger partial charge in [-0.2, -0.15) is 13.2 Å². The van der Waals surface area contributed by atoms with E-state index in [0.29, 0.717) is 28.3 Å². The molecule has 0 saturated carbocycles. The van der Waals surface area contributed by atoms with Gasteiger partial charge in [0.25, 0.3) is 0 Å². The first-order chi connectivity index (χ1) is 5.99. The third-order valence-electron chi connectivity index (χ3n) is 1.54. The largest absolute Gasteiger partial charge is 0.443 e. The van der Waals surface area contributed by atoms with Gasteiger partial charge in [-0.3, -0.25) is 0 Å². The summed E-state index contributed by atoms with van der Waals surface area (Å²) in [5.41, 5.74) is 5.74. The van der Waals surface area contributed by atoms with Crippen LogP contribution in [0.1, 0.15) is 22.5 Å². The molecule has 0 bridgehead atoms. The smallest absolute Gasteiger partial charge is 0.326 e. The van der Waals surface area contributed by atoms with Crippen molar-refractivity contribution in [3.63, 3.8) is 0 Å². The van der Waals surface area contributed by atoms with Crippen LogP contribution < -0.4 is 5.73 Å². The van der Waals surface area contributed by atoms with Crippen LogP contribution in [0.25, 0.3) is 0 Å². The van der Waals surface area contributed by atoms with Crippen LogP contribution in [-0.4, -0.2) is 4.98 Å². The number of rotatable bonds is 2. The number of nitrogens with two attached hydrogens (primary N) is 1. The summed E-state index contributed by atoms with van der Waals surface area (Å²) < 4.78 is 36.5. The molecule has 2 N–H and O–H groups in total. The fourth-order valence-corrected chi connectivity index (χ4v) is 1.84. The molecule has 1 aromatic heterocycles. The van der Waals surface area contributed by atoms with Crippen molar-refractivity contribution in [3.05, 3.63) is 15.6 Å². The van der Waals surface area contributed by atoms with Crippen LogP contribution in [0.3, 0.4) is 0 Å². The molecule has 0 saturated heterocycles. The van der Waals surface area contributed by atoms with E-state index >= 15 is 0 Å². The summed E-state index contributed by atoms with van der Waals surface area (Å²) in [5.74, 6) is 0. The minimum absolute atomic E-state index is 0.122. The summed E-state index contributed by atoms with van der Waals surface area (Å²) in [6.07, 6.45) is -3.86. The normalized spacial score (nSPS) is 12.1. The van der Waals surface area contributed by atoms with Gasteiger partial charge in [-0.25, -0.2) is 4.98 Å². The maximum Gasteiger partial charge on any atom is 0.443 e. The lowest BCUT2D eigenvalue weighted by molar-refractivity contribution is -0.137. The standard InChI is InChI=1S/C7H9F3N2S/c1-2-4-5(3-11)13-6(12-4)7(8,9)10/h2-3,11H2,1H3. The lowest BCUT2D eigenvalue weighted by Crippen LogP contribution is -2.03. The zero-order valence-corrected chi connectivity index (χ0v) is 7.80. The van der Waals surface area contributed by atoms with Gasteiger partial charge in [0.1, 0.15) is 0 Å². The third-order valence-corrected chi connectivity index (χ3v) is 2.71. The van der Waals surface area contributed by atoms with Crippen molar-refractivity contribution in [2.45, 2.75) is 26.1 Å². The Morgan fingerprint density at radius 1 is 1.46 bits per heavy atom. The Labute approximate surface area is 77.6 Å². The van der Waals surface area contributed by atoms with Gasteiger partial charge in [-0.1, -0.05) is 6.92 Å². The molecule has 74 valence electrons. The van der Waals surface area contributed by atoms with Crippen LogP contribution in [0.15, 0.2) is 0 Å². The highest BCUT2D eigenvalue weighted by molar-refractivity contribution is 7.11. The molecule has 1 rings (SSSR count). The maximum absolute atomic E-state index is 12.2. The molecule has 0 spiro atoms. The fraction of sp³-hybridized carbons (Fsp3) is 0.571.